The van der Waals surface area contributed by atoms with Gasteiger partial charge in [-0.2, -0.15) is 16.8 Å². The fourth-order valence-corrected chi connectivity index (χ4v) is 3.04. The number of carbonyl (C=O) groups is 1. The van der Waals surface area contributed by atoms with Crippen LogP contribution < -0.4 is 0 Å². The molecule has 1 atom stereocenters. The van der Waals surface area contributed by atoms with Crippen LogP contribution in [0.1, 0.15) is 13.3 Å². The number of ketones is 1. The lowest BCUT2D eigenvalue weighted by Crippen LogP contribution is -2.30. The minimum atomic E-state index is -4.65. The Kier molecular flexibility index (Phi) is 4.18. The zero-order valence-corrected chi connectivity index (χ0v) is 8.88. The second-order valence-corrected chi connectivity index (χ2v) is 5.99. The topological polar surface area (TPSA) is 126 Å². The number of hydrogen-bond acceptors (Lipinski definition) is 5. The van der Waals surface area contributed by atoms with Crippen LogP contribution in [0.3, 0.4) is 0 Å². The summed E-state index contributed by atoms with van der Waals surface area (Å²) in [5, 5.41) is -1.81. The Labute approximate surface area is 81.6 Å². The summed E-state index contributed by atoms with van der Waals surface area (Å²) >= 11 is 0. The fourth-order valence-electron chi connectivity index (χ4n) is 0.806. The van der Waals surface area contributed by atoms with Gasteiger partial charge < -0.3 is 0 Å². The van der Waals surface area contributed by atoms with Crippen LogP contribution in [0.5, 0.6) is 0 Å². The number of carbonyl (C=O) groups excluding carboxylic acids is 1. The SMILES string of the molecule is CC(=O)CC(CS(=O)(=O)O)S(=O)(=O)O. The molecule has 14 heavy (non-hydrogen) atoms. The third-order valence-corrected chi connectivity index (χ3v) is 3.54. The Balaban J connectivity index is 4.86. The van der Waals surface area contributed by atoms with Crippen LogP contribution in [0.4, 0.5) is 0 Å². The molecule has 0 aliphatic heterocycles. The number of Topliss-reactive ketones (excluding diaryl/α,β-unsaturated/α-hetero) is 1. The molecule has 0 aliphatic rings. The smallest absolute Gasteiger partial charge is 0.269 e. The Hall–Kier alpha value is -0.510. The van der Waals surface area contributed by atoms with Gasteiger partial charge in [-0.05, 0) is 6.92 Å². The maximum atomic E-state index is 10.6. The number of hydrogen-bond donors (Lipinski definition) is 2. The summed E-state index contributed by atoms with van der Waals surface area (Å²) in [4.78, 5) is 10.5. The molecule has 0 aliphatic carbocycles. The van der Waals surface area contributed by atoms with Gasteiger partial charge in [-0.15, -0.1) is 0 Å². The van der Waals surface area contributed by atoms with E-state index in [1.54, 1.807) is 0 Å². The van der Waals surface area contributed by atoms with Crippen LogP contribution in [-0.2, 0) is 25.0 Å². The minimum absolute atomic E-state index is 0.601. The summed E-state index contributed by atoms with van der Waals surface area (Å²) in [7, 11) is -9.20. The van der Waals surface area contributed by atoms with E-state index in [1.807, 2.05) is 0 Å². The summed E-state index contributed by atoms with van der Waals surface area (Å²) in [6, 6.07) is 0. The molecule has 84 valence electrons. The van der Waals surface area contributed by atoms with E-state index in [9.17, 15) is 21.6 Å². The Morgan fingerprint density at radius 2 is 1.64 bits per heavy atom. The fraction of sp³-hybridized carbons (Fsp3) is 0.800. The summed E-state index contributed by atoms with van der Waals surface area (Å²) in [6.45, 7) is 1.04. The van der Waals surface area contributed by atoms with Crippen LogP contribution >= 0.6 is 0 Å². The predicted molar refractivity (Wildman–Crippen MR) is 47.1 cm³/mol. The second-order valence-electron chi connectivity index (χ2n) is 2.79. The van der Waals surface area contributed by atoms with Crippen molar-refractivity contribution in [1.29, 1.82) is 0 Å². The third kappa shape index (κ3) is 6.02. The molecule has 0 spiro atoms. The molecule has 2 N–H and O–H groups in total. The van der Waals surface area contributed by atoms with Gasteiger partial charge in [0.1, 0.15) is 11.0 Å². The van der Waals surface area contributed by atoms with E-state index >= 15 is 0 Å². The van der Waals surface area contributed by atoms with Crippen molar-refractivity contribution >= 4 is 26.0 Å². The van der Waals surface area contributed by atoms with Gasteiger partial charge in [0.05, 0.1) is 5.75 Å². The van der Waals surface area contributed by atoms with E-state index in [0.29, 0.717) is 0 Å². The van der Waals surface area contributed by atoms with Crippen molar-refractivity contribution in [3.05, 3.63) is 0 Å². The zero-order chi connectivity index (χ0) is 11.6. The van der Waals surface area contributed by atoms with Crippen molar-refractivity contribution in [3.8, 4) is 0 Å². The van der Waals surface area contributed by atoms with Gasteiger partial charge >= 0.3 is 0 Å². The first-order valence-corrected chi connectivity index (χ1v) is 6.54. The summed E-state index contributed by atoms with van der Waals surface area (Å²) in [5.41, 5.74) is 0. The van der Waals surface area contributed by atoms with E-state index in [-0.39, 0.29) is 0 Å². The van der Waals surface area contributed by atoms with Gasteiger partial charge in [0.2, 0.25) is 0 Å². The molecule has 0 heterocycles. The van der Waals surface area contributed by atoms with Crippen molar-refractivity contribution in [1.82, 2.24) is 0 Å². The van der Waals surface area contributed by atoms with Gasteiger partial charge in [-0.1, -0.05) is 0 Å². The number of rotatable bonds is 5. The molecule has 0 saturated carbocycles. The highest BCUT2D eigenvalue weighted by molar-refractivity contribution is 7.90. The van der Waals surface area contributed by atoms with E-state index in [2.05, 4.69) is 0 Å². The molecule has 7 nitrogen and oxygen atoms in total. The quantitative estimate of drug-likeness (QED) is 0.602. The van der Waals surface area contributed by atoms with Gasteiger partial charge in [0, 0.05) is 6.42 Å². The highest BCUT2D eigenvalue weighted by Gasteiger charge is 2.29. The van der Waals surface area contributed by atoms with Crippen LogP contribution in [0, 0.1) is 0 Å². The average molecular weight is 246 g/mol. The van der Waals surface area contributed by atoms with Crippen LogP contribution in [0.2, 0.25) is 0 Å². The molecule has 0 aromatic heterocycles. The van der Waals surface area contributed by atoms with Crippen molar-refractivity contribution in [3.63, 3.8) is 0 Å². The Morgan fingerprint density at radius 3 is 1.86 bits per heavy atom. The highest BCUT2D eigenvalue weighted by Crippen LogP contribution is 2.07. The van der Waals surface area contributed by atoms with Gasteiger partial charge in [0.15, 0.2) is 0 Å². The van der Waals surface area contributed by atoms with Gasteiger partial charge in [-0.25, -0.2) is 0 Å². The normalized spacial score (nSPS) is 15.1. The largest absolute Gasteiger partial charge is 0.300 e. The molecular weight excluding hydrogens is 236 g/mol. The minimum Gasteiger partial charge on any atom is -0.300 e. The monoisotopic (exact) mass is 246 g/mol. The standard InChI is InChI=1S/C5H10O7S2/c1-4(6)2-5(14(10,11)12)3-13(7,8)9/h5H,2-3H2,1H3,(H,7,8,9)(H,10,11,12). The first kappa shape index (κ1) is 13.5. The summed E-state index contributed by atoms with van der Waals surface area (Å²) < 4.78 is 58.7. The lowest BCUT2D eigenvalue weighted by Gasteiger charge is -2.09. The van der Waals surface area contributed by atoms with Crippen molar-refractivity contribution in [2.24, 2.45) is 0 Å². The van der Waals surface area contributed by atoms with Gasteiger partial charge in [-0.3, -0.25) is 13.9 Å². The van der Waals surface area contributed by atoms with E-state index in [4.69, 9.17) is 9.11 Å². The van der Waals surface area contributed by atoms with Crippen LogP contribution in [0.15, 0.2) is 0 Å². The molecule has 9 heteroatoms. The molecule has 0 aromatic rings. The maximum Gasteiger partial charge on any atom is 0.269 e. The molecule has 0 aromatic carbocycles. The Bertz CT molecular complexity index is 403. The maximum absolute atomic E-state index is 10.6. The van der Waals surface area contributed by atoms with E-state index in [0.717, 1.165) is 6.92 Å². The lowest BCUT2D eigenvalue weighted by molar-refractivity contribution is -0.116. The lowest BCUT2D eigenvalue weighted by atomic mass is 10.2. The predicted octanol–water partition coefficient (Wildman–Crippen LogP) is -0.890. The molecule has 0 rings (SSSR count). The van der Waals surface area contributed by atoms with Crippen LogP contribution in [-0.4, -0.2) is 42.7 Å². The van der Waals surface area contributed by atoms with Crippen molar-refractivity contribution in [2.45, 2.75) is 18.6 Å². The average Bonchev–Trinajstić information content (AvgIpc) is 1.78. The van der Waals surface area contributed by atoms with Crippen molar-refractivity contribution in [2.75, 3.05) is 5.75 Å². The molecule has 0 radical (unpaired) electrons. The van der Waals surface area contributed by atoms with Crippen LogP contribution in [0.25, 0.3) is 0 Å². The molecular formula is C5H10O7S2. The third-order valence-electron chi connectivity index (χ3n) is 1.33. The molecule has 1 unspecified atom stereocenters. The van der Waals surface area contributed by atoms with Gasteiger partial charge in [0.25, 0.3) is 20.2 Å². The Morgan fingerprint density at radius 1 is 1.21 bits per heavy atom. The highest BCUT2D eigenvalue weighted by atomic mass is 32.2. The first-order chi connectivity index (χ1) is 6.02. The summed E-state index contributed by atoms with van der Waals surface area (Å²) in [6.07, 6.45) is -0.654. The molecule has 0 bridgehead atoms. The van der Waals surface area contributed by atoms with E-state index in [1.165, 1.54) is 0 Å². The van der Waals surface area contributed by atoms with Crippen molar-refractivity contribution < 1.29 is 30.7 Å². The first-order valence-electron chi connectivity index (χ1n) is 3.43. The molecule has 0 saturated heterocycles. The second kappa shape index (κ2) is 4.34. The zero-order valence-electron chi connectivity index (χ0n) is 7.24. The molecule has 0 fully saturated rings. The summed E-state index contributed by atoms with van der Waals surface area (Å²) in [5.74, 6) is -1.79. The molecule has 0 amide bonds. The van der Waals surface area contributed by atoms with E-state index < -0.39 is 43.4 Å².